The van der Waals surface area contributed by atoms with Crippen LogP contribution in [0.25, 0.3) is 0 Å². The molecule has 3 nitrogen and oxygen atoms in total. The predicted octanol–water partition coefficient (Wildman–Crippen LogP) is 2.58. The Morgan fingerprint density at radius 1 is 1.44 bits per heavy atom. The smallest absolute Gasteiger partial charge is 0.338 e. The second-order valence-corrected chi connectivity index (χ2v) is 4.26. The van der Waals surface area contributed by atoms with Gasteiger partial charge in [0, 0.05) is 0 Å². The van der Waals surface area contributed by atoms with Crippen LogP contribution in [-0.2, 0) is 10.2 Å². The van der Waals surface area contributed by atoms with Crippen LogP contribution in [0.4, 0.5) is 0 Å². The summed E-state index contributed by atoms with van der Waals surface area (Å²) in [5.41, 5.74) is 1.73. The normalized spacial score (nSPS) is 10.7. The van der Waals surface area contributed by atoms with E-state index in [1.54, 1.807) is 12.1 Å². The molecule has 1 rings (SSSR count). The Balaban J connectivity index is 3.20. The summed E-state index contributed by atoms with van der Waals surface area (Å²) >= 11 is 0. The zero-order chi connectivity index (χ0) is 12.3. The van der Waals surface area contributed by atoms with Crippen LogP contribution in [0.5, 0.6) is 0 Å². The van der Waals surface area contributed by atoms with Gasteiger partial charge in [0.05, 0.1) is 24.2 Å². The molecule has 3 heteroatoms. The van der Waals surface area contributed by atoms with E-state index in [-0.39, 0.29) is 5.97 Å². The van der Waals surface area contributed by atoms with Gasteiger partial charge in [-0.3, -0.25) is 0 Å². The van der Waals surface area contributed by atoms with Crippen molar-refractivity contribution < 1.29 is 9.53 Å². The first kappa shape index (κ1) is 12.3. The molecule has 0 aliphatic carbocycles. The van der Waals surface area contributed by atoms with Gasteiger partial charge >= 0.3 is 5.97 Å². The maximum absolute atomic E-state index is 11.4. The van der Waals surface area contributed by atoms with Crippen LogP contribution in [0.2, 0.25) is 0 Å². The van der Waals surface area contributed by atoms with Gasteiger partial charge < -0.3 is 4.74 Å². The van der Waals surface area contributed by atoms with Gasteiger partial charge in [-0.25, -0.2) is 4.79 Å². The lowest BCUT2D eigenvalue weighted by Gasteiger charge is -2.17. The summed E-state index contributed by atoms with van der Waals surface area (Å²) in [4.78, 5) is 11.4. The molecular formula is C13H15NO2. The highest BCUT2D eigenvalue weighted by Gasteiger charge is 2.21. The number of aryl methyl sites for hydroxylation is 1. The Morgan fingerprint density at radius 2 is 2.06 bits per heavy atom. The minimum Gasteiger partial charge on any atom is -0.465 e. The van der Waals surface area contributed by atoms with E-state index in [0.29, 0.717) is 5.56 Å². The molecule has 0 aliphatic heterocycles. The second-order valence-electron chi connectivity index (χ2n) is 4.26. The average molecular weight is 217 g/mol. The summed E-state index contributed by atoms with van der Waals surface area (Å²) in [6.07, 6.45) is 0. The Morgan fingerprint density at radius 3 is 2.50 bits per heavy atom. The zero-order valence-corrected chi connectivity index (χ0v) is 10.00. The molecule has 1 aromatic carbocycles. The second kappa shape index (κ2) is 4.36. The summed E-state index contributed by atoms with van der Waals surface area (Å²) in [5, 5.41) is 9.02. The molecular weight excluding hydrogens is 202 g/mol. The fraction of sp³-hybridized carbons (Fsp3) is 0.385. The van der Waals surface area contributed by atoms with Crippen molar-refractivity contribution in [3.05, 3.63) is 34.9 Å². The largest absolute Gasteiger partial charge is 0.465 e. The van der Waals surface area contributed by atoms with E-state index in [1.165, 1.54) is 7.11 Å². The van der Waals surface area contributed by atoms with Crippen LogP contribution in [0.1, 0.15) is 35.3 Å². The number of benzene rings is 1. The van der Waals surface area contributed by atoms with Crippen LogP contribution in [0.3, 0.4) is 0 Å². The van der Waals surface area contributed by atoms with E-state index >= 15 is 0 Å². The Labute approximate surface area is 95.7 Å². The van der Waals surface area contributed by atoms with Crippen molar-refractivity contribution in [1.82, 2.24) is 0 Å². The lowest BCUT2D eigenvalue weighted by atomic mass is 9.85. The number of esters is 1. The molecule has 84 valence electrons. The topological polar surface area (TPSA) is 50.1 Å². The third-order valence-electron chi connectivity index (χ3n) is 2.63. The summed E-state index contributed by atoms with van der Waals surface area (Å²) in [7, 11) is 1.36. The fourth-order valence-corrected chi connectivity index (χ4v) is 1.46. The van der Waals surface area contributed by atoms with E-state index in [0.717, 1.165) is 11.1 Å². The molecule has 1 aromatic rings. The highest BCUT2D eigenvalue weighted by molar-refractivity contribution is 5.91. The van der Waals surface area contributed by atoms with Crippen molar-refractivity contribution in [2.75, 3.05) is 7.11 Å². The first-order valence-electron chi connectivity index (χ1n) is 5.03. The number of rotatable bonds is 2. The number of ether oxygens (including phenoxy) is 1. The molecule has 0 heterocycles. The average Bonchev–Trinajstić information content (AvgIpc) is 2.28. The van der Waals surface area contributed by atoms with Gasteiger partial charge in [-0.15, -0.1) is 0 Å². The number of carbonyl (C=O) groups excluding carboxylic acids is 1. The SMILES string of the molecule is COC(=O)c1ccc(C(C)(C)C#N)cc1C. The van der Waals surface area contributed by atoms with E-state index in [4.69, 9.17) is 5.26 Å². The molecule has 0 aliphatic rings. The maximum Gasteiger partial charge on any atom is 0.338 e. The number of methoxy groups -OCH3 is 1. The van der Waals surface area contributed by atoms with Crippen molar-refractivity contribution in [3.8, 4) is 6.07 Å². The first-order chi connectivity index (χ1) is 7.42. The third-order valence-corrected chi connectivity index (χ3v) is 2.63. The van der Waals surface area contributed by atoms with Crippen LogP contribution in [0, 0.1) is 18.3 Å². The first-order valence-corrected chi connectivity index (χ1v) is 5.03. The summed E-state index contributed by atoms with van der Waals surface area (Å²) < 4.78 is 4.66. The van der Waals surface area contributed by atoms with Crippen molar-refractivity contribution in [3.63, 3.8) is 0 Å². The van der Waals surface area contributed by atoms with E-state index in [9.17, 15) is 4.79 Å². The number of nitrogens with zero attached hydrogens (tertiary/aromatic N) is 1. The van der Waals surface area contributed by atoms with Gasteiger partial charge in [-0.05, 0) is 38.0 Å². The minimum absolute atomic E-state index is 0.348. The molecule has 0 unspecified atom stereocenters. The molecule has 0 bridgehead atoms. The van der Waals surface area contributed by atoms with Crippen LogP contribution < -0.4 is 0 Å². The molecule has 0 amide bonds. The van der Waals surface area contributed by atoms with Crippen molar-refractivity contribution in [2.45, 2.75) is 26.2 Å². The molecule has 0 aromatic heterocycles. The Kier molecular flexibility index (Phi) is 3.34. The van der Waals surface area contributed by atoms with E-state index < -0.39 is 5.41 Å². The summed E-state index contributed by atoms with van der Waals surface area (Å²) in [6.45, 7) is 5.53. The Hall–Kier alpha value is -1.82. The number of carbonyl (C=O) groups is 1. The molecule has 0 atom stereocenters. The van der Waals surface area contributed by atoms with Gasteiger partial charge in [0.25, 0.3) is 0 Å². The molecule has 0 radical (unpaired) electrons. The van der Waals surface area contributed by atoms with Crippen LogP contribution >= 0.6 is 0 Å². The number of hydrogen-bond donors (Lipinski definition) is 0. The molecule has 0 spiro atoms. The highest BCUT2D eigenvalue weighted by atomic mass is 16.5. The van der Waals surface area contributed by atoms with Gasteiger partial charge in [-0.2, -0.15) is 5.26 Å². The maximum atomic E-state index is 11.4. The number of hydrogen-bond acceptors (Lipinski definition) is 3. The lowest BCUT2D eigenvalue weighted by molar-refractivity contribution is 0.0600. The van der Waals surface area contributed by atoms with Crippen molar-refractivity contribution in [2.24, 2.45) is 0 Å². The molecule has 16 heavy (non-hydrogen) atoms. The fourth-order valence-electron chi connectivity index (χ4n) is 1.46. The standard InChI is InChI=1S/C13H15NO2/c1-9-7-10(13(2,3)8-14)5-6-11(9)12(15)16-4/h5-7H,1-4H3. The van der Waals surface area contributed by atoms with Gasteiger partial charge in [0.1, 0.15) is 0 Å². The molecule has 0 N–H and O–H groups in total. The predicted molar refractivity (Wildman–Crippen MR) is 61.2 cm³/mol. The minimum atomic E-state index is -0.542. The molecule has 0 saturated heterocycles. The Bertz CT molecular complexity index is 455. The van der Waals surface area contributed by atoms with Crippen LogP contribution in [-0.4, -0.2) is 13.1 Å². The quantitative estimate of drug-likeness (QED) is 0.715. The number of nitriles is 1. The van der Waals surface area contributed by atoms with Crippen LogP contribution in [0.15, 0.2) is 18.2 Å². The summed E-state index contributed by atoms with van der Waals surface area (Å²) in [5.74, 6) is -0.348. The highest BCUT2D eigenvalue weighted by Crippen LogP contribution is 2.24. The third kappa shape index (κ3) is 2.22. The van der Waals surface area contributed by atoms with Gasteiger partial charge in [0.2, 0.25) is 0 Å². The monoisotopic (exact) mass is 217 g/mol. The van der Waals surface area contributed by atoms with Gasteiger partial charge in [-0.1, -0.05) is 12.1 Å². The van der Waals surface area contributed by atoms with E-state index in [1.807, 2.05) is 26.8 Å². The summed E-state index contributed by atoms with van der Waals surface area (Å²) in [6, 6.07) is 7.59. The van der Waals surface area contributed by atoms with Gasteiger partial charge in [0.15, 0.2) is 0 Å². The van der Waals surface area contributed by atoms with Crippen molar-refractivity contribution >= 4 is 5.97 Å². The lowest BCUT2D eigenvalue weighted by Crippen LogP contribution is -2.15. The molecule has 0 fully saturated rings. The van der Waals surface area contributed by atoms with Crippen molar-refractivity contribution in [1.29, 1.82) is 5.26 Å². The zero-order valence-electron chi connectivity index (χ0n) is 10.00. The molecule has 0 saturated carbocycles. The van der Waals surface area contributed by atoms with E-state index in [2.05, 4.69) is 10.8 Å².